The van der Waals surface area contributed by atoms with Gasteiger partial charge in [0.05, 0.1) is 6.54 Å². The van der Waals surface area contributed by atoms with E-state index in [4.69, 9.17) is 10.5 Å². The van der Waals surface area contributed by atoms with Gasteiger partial charge < -0.3 is 10.5 Å². The Kier molecular flexibility index (Phi) is 2.91. The number of hydrogen-bond donors (Lipinski definition) is 1. The molecule has 0 aromatic heterocycles. The number of likely N-dealkylation sites (tertiary alicyclic amines) is 1. The highest BCUT2D eigenvalue weighted by Crippen LogP contribution is 2.16. The number of aliphatic imine (C=N–C) groups is 1. The maximum absolute atomic E-state index is 5.47. The maximum Gasteiger partial charge on any atom is 0.282 e. The molecule has 2 atom stereocenters. The minimum atomic E-state index is 0.195. The Hall–Kier alpha value is -0.770. The van der Waals surface area contributed by atoms with E-state index in [1.165, 1.54) is 25.9 Å². The van der Waals surface area contributed by atoms with Crippen LogP contribution in [0.5, 0.6) is 0 Å². The highest BCUT2D eigenvalue weighted by Gasteiger charge is 2.23. The lowest BCUT2D eigenvalue weighted by Gasteiger charge is -2.32. The standard InChI is InChI=1S/C10H19N3O/c1-8-3-2-4-13(6-8)7-9-5-12-10(11)14-9/h8-9H,2-7H2,1H3,(H2,11,12). The zero-order valence-electron chi connectivity index (χ0n) is 8.78. The molecule has 2 unspecified atom stereocenters. The summed E-state index contributed by atoms with van der Waals surface area (Å²) < 4.78 is 5.39. The van der Waals surface area contributed by atoms with Gasteiger partial charge in [-0.3, -0.25) is 4.90 Å². The van der Waals surface area contributed by atoms with Gasteiger partial charge in [-0.2, -0.15) is 0 Å². The zero-order chi connectivity index (χ0) is 9.97. The van der Waals surface area contributed by atoms with Crippen LogP contribution in [0.2, 0.25) is 0 Å². The zero-order valence-corrected chi connectivity index (χ0v) is 8.78. The van der Waals surface area contributed by atoms with E-state index >= 15 is 0 Å². The lowest BCUT2D eigenvalue weighted by molar-refractivity contribution is 0.111. The summed E-state index contributed by atoms with van der Waals surface area (Å²) in [6, 6.07) is 0.361. The van der Waals surface area contributed by atoms with E-state index in [-0.39, 0.29) is 6.10 Å². The number of nitrogens with two attached hydrogens (primary N) is 1. The van der Waals surface area contributed by atoms with Gasteiger partial charge in [-0.05, 0) is 25.3 Å². The van der Waals surface area contributed by atoms with Crippen LogP contribution in [0, 0.1) is 5.92 Å². The Morgan fingerprint density at radius 1 is 1.64 bits per heavy atom. The van der Waals surface area contributed by atoms with E-state index in [1.807, 2.05) is 0 Å². The Bertz CT molecular complexity index is 229. The molecule has 0 saturated carbocycles. The molecule has 80 valence electrons. The number of amidine groups is 1. The Balaban J connectivity index is 1.75. The van der Waals surface area contributed by atoms with Gasteiger partial charge in [0.2, 0.25) is 0 Å². The normalized spacial score (nSPS) is 33.9. The summed E-state index contributed by atoms with van der Waals surface area (Å²) >= 11 is 0. The monoisotopic (exact) mass is 197 g/mol. The smallest absolute Gasteiger partial charge is 0.282 e. The van der Waals surface area contributed by atoms with Crippen molar-refractivity contribution in [1.29, 1.82) is 0 Å². The Labute approximate surface area is 85.1 Å². The van der Waals surface area contributed by atoms with Gasteiger partial charge >= 0.3 is 0 Å². The van der Waals surface area contributed by atoms with Crippen LogP contribution in [0.15, 0.2) is 4.99 Å². The molecule has 0 aliphatic carbocycles. The summed E-state index contributed by atoms with van der Waals surface area (Å²) in [5, 5.41) is 0. The van der Waals surface area contributed by atoms with E-state index in [1.54, 1.807) is 0 Å². The Morgan fingerprint density at radius 3 is 3.14 bits per heavy atom. The first-order chi connectivity index (χ1) is 6.74. The number of nitrogens with zero attached hydrogens (tertiary/aromatic N) is 2. The van der Waals surface area contributed by atoms with Crippen molar-refractivity contribution >= 4 is 6.02 Å². The van der Waals surface area contributed by atoms with Crippen LogP contribution >= 0.6 is 0 Å². The van der Waals surface area contributed by atoms with Gasteiger partial charge in [-0.15, -0.1) is 0 Å². The summed E-state index contributed by atoms with van der Waals surface area (Å²) in [4.78, 5) is 6.51. The minimum absolute atomic E-state index is 0.195. The summed E-state index contributed by atoms with van der Waals surface area (Å²) in [6.07, 6.45) is 2.87. The van der Waals surface area contributed by atoms with E-state index in [0.717, 1.165) is 19.0 Å². The van der Waals surface area contributed by atoms with Crippen LogP contribution in [-0.4, -0.2) is 43.2 Å². The molecular formula is C10H19N3O. The van der Waals surface area contributed by atoms with E-state index in [0.29, 0.717) is 6.02 Å². The van der Waals surface area contributed by atoms with Gasteiger partial charge in [0.25, 0.3) is 6.02 Å². The van der Waals surface area contributed by atoms with Crippen molar-refractivity contribution in [2.45, 2.75) is 25.9 Å². The molecule has 4 heteroatoms. The topological polar surface area (TPSA) is 50.8 Å². The van der Waals surface area contributed by atoms with Crippen LogP contribution < -0.4 is 5.73 Å². The minimum Gasteiger partial charge on any atom is -0.459 e. The fourth-order valence-corrected chi connectivity index (χ4v) is 2.27. The fraction of sp³-hybridized carbons (Fsp3) is 0.900. The third kappa shape index (κ3) is 2.38. The average molecular weight is 197 g/mol. The number of ether oxygens (including phenoxy) is 1. The molecule has 0 amide bonds. The number of rotatable bonds is 2. The van der Waals surface area contributed by atoms with Gasteiger partial charge in [0.1, 0.15) is 6.10 Å². The molecule has 0 spiro atoms. The molecule has 0 aromatic rings. The second-order valence-electron chi connectivity index (χ2n) is 4.43. The van der Waals surface area contributed by atoms with Crippen molar-refractivity contribution in [2.24, 2.45) is 16.6 Å². The van der Waals surface area contributed by atoms with E-state index < -0.39 is 0 Å². The lowest BCUT2D eigenvalue weighted by Crippen LogP contribution is -2.40. The van der Waals surface area contributed by atoms with Crippen LogP contribution in [-0.2, 0) is 4.74 Å². The SMILES string of the molecule is CC1CCCN(CC2CN=C(N)O2)C1. The predicted octanol–water partition coefficient (Wildman–Crippen LogP) is 0.432. The first kappa shape index (κ1) is 9.77. The number of hydrogen-bond acceptors (Lipinski definition) is 4. The molecule has 2 aliphatic heterocycles. The summed E-state index contributed by atoms with van der Waals surface area (Å²) in [5.41, 5.74) is 5.47. The molecule has 2 rings (SSSR count). The number of piperidine rings is 1. The van der Waals surface area contributed by atoms with Crippen LogP contribution in [0.3, 0.4) is 0 Å². The molecule has 4 nitrogen and oxygen atoms in total. The third-order valence-electron chi connectivity index (χ3n) is 2.94. The third-order valence-corrected chi connectivity index (χ3v) is 2.94. The molecule has 0 aromatic carbocycles. The van der Waals surface area contributed by atoms with Crippen molar-refractivity contribution < 1.29 is 4.74 Å². The van der Waals surface area contributed by atoms with Gasteiger partial charge in [-0.1, -0.05) is 6.92 Å². The van der Waals surface area contributed by atoms with Gasteiger partial charge in [0.15, 0.2) is 0 Å². The summed E-state index contributed by atoms with van der Waals surface area (Å²) in [5.74, 6) is 0.823. The van der Waals surface area contributed by atoms with Crippen molar-refractivity contribution in [2.75, 3.05) is 26.2 Å². The van der Waals surface area contributed by atoms with Crippen molar-refractivity contribution in [3.63, 3.8) is 0 Å². The van der Waals surface area contributed by atoms with E-state index in [2.05, 4.69) is 16.8 Å². The first-order valence-corrected chi connectivity index (χ1v) is 5.43. The largest absolute Gasteiger partial charge is 0.459 e. The molecule has 14 heavy (non-hydrogen) atoms. The van der Waals surface area contributed by atoms with Crippen molar-refractivity contribution in [1.82, 2.24) is 4.90 Å². The molecule has 0 bridgehead atoms. The highest BCUT2D eigenvalue weighted by atomic mass is 16.5. The summed E-state index contributed by atoms with van der Waals surface area (Å²) in [6.45, 7) is 6.42. The average Bonchev–Trinajstić information content (AvgIpc) is 2.51. The molecule has 2 aliphatic rings. The second kappa shape index (κ2) is 4.17. The Morgan fingerprint density at radius 2 is 2.50 bits per heavy atom. The maximum atomic E-state index is 5.47. The fourth-order valence-electron chi connectivity index (χ4n) is 2.27. The molecule has 1 saturated heterocycles. The molecule has 2 N–H and O–H groups in total. The molecule has 0 radical (unpaired) electrons. The molecule has 1 fully saturated rings. The lowest BCUT2D eigenvalue weighted by atomic mass is 10.00. The van der Waals surface area contributed by atoms with Crippen LogP contribution in [0.25, 0.3) is 0 Å². The van der Waals surface area contributed by atoms with Crippen molar-refractivity contribution in [3.8, 4) is 0 Å². The van der Waals surface area contributed by atoms with Gasteiger partial charge in [0, 0.05) is 13.1 Å². The molecule has 2 heterocycles. The second-order valence-corrected chi connectivity index (χ2v) is 4.43. The van der Waals surface area contributed by atoms with Crippen molar-refractivity contribution in [3.05, 3.63) is 0 Å². The van der Waals surface area contributed by atoms with Gasteiger partial charge in [-0.25, -0.2) is 4.99 Å². The highest BCUT2D eigenvalue weighted by molar-refractivity contribution is 5.73. The quantitative estimate of drug-likeness (QED) is 0.698. The first-order valence-electron chi connectivity index (χ1n) is 5.43. The molecular weight excluding hydrogens is 178 g/mol. The predicted molar refractivity (Wildman–Crippen MR) is 56.2 cm³/mol. The summed E-state index contributed by atoms with van der Waals surface area (Å²) in [7, 11) is 0. The van der Waals surface area contributed by atoms with Crippen LogP contribution in [0.1, 0.15) is 19.8 Å². The van der Waals surface area contributed by atoms with E-state index in [9.17, 15) is 0 Å². The van der Waals surface area contributed by atoms with Crippen LogP contribution in [0.4, 0.5) is 0 Å².